The Kier molecular flexibility index (Phi) is 6.42. The zero-order valence-electron chi connectivity index (χ0n) is 18.2. The monoisotopic (exact) mass is 407 g/mol. The molecule has 1 aliphatic rings. The van der Waals surface area contributed by atoms with E-state index in [1.54, 1.807) is 6.07 Å². The molecule has 1 atom stereocenters. The summed E-state index contributed by atoms with van der Waals surface area (Å²) in [6.07, 6.45) is 0.0225. The highest BCUT2D eigenvalue weighted by atomic mass is 16.5. The maximum atomic E-state index is 13.0. The van der Waals surface area contributed by atoms with Gasteiger partial charge < -0.3 is 14.7 Å². The molecule has 5 heteroatoms. The first kappa shape index (κ1) is 21.8. The molecule has 0 spiro atoms. The Labute approximate surface area is 178 Å². The maximum Gasteiger partial charge on any atom is 0.295 e. The smallest absolute Gasteiger partial charge is 0.295 e. The van der Waals surface area contributed by atoms with Crippen LogP contribution in [0.15, 0.2) is 48.0 Å². The van der Waals surface area contributed by atoms with Crippen molar-refractivity contribution in [2.45, 2.75) is 46.8 Å². The molecule has 1 aliphatic heterocycles. The highest BCUT2D eigenvalue weighted by Crippen LogP contribution is 2.40. The van der Waals surface area contributed by atoms with Gasteiger partial charge in [-0.05, 0) is 62.9 Å². The molecule has 0 aliphatic carbocycles. The van der Waals surface area contributed by atoms with Gasteiger partial charge in [-0.15, -0.1) is 0 Å². The van der Waals surface area contributed by atoms with Crippen molar-refractivity contribution in [1.29, 1.82) is 0 Å². The molecule has 2 aromatic rings. The predicted octanol–water partition coefficient (Wildman–Crippen LogP) is 4.46. The van der Waals surface area contributed by atoms with Crippen LogP contribution in [-0.4, -0.2) is 41.0 Å². The number of aliphatic hydroxyl groups excluding tert-OH is 1. The van der Waals surface area contributed by atoms with Crippen molar-refractivity contribution in [3.8, 4) is 0 Å². The SMILES string of the molecule is Cc1ccc(/C(O)=C2\C(=O)C(=O)N(CCOC(C)C)C2c2ccccc2C)cc1C. The molecule has 2 aromatic carbocycles. The van der Waals surface area contributed by atoms with E-state index in [9.17, 15) is 14.7 Å². The van der Waals surface area contributed by atoms with Gasteiger partial charge in [0, 0.05) is 12.1 Å². The third kappa shape index (κ3) is 4.17. The van der Waals surface area contributed by atoms with Crippen molar-refractivity contribution >= 4 is 17.4 Å². The normalized spacial score (nSPS) is 18.5. The van der Waals surface area contributed by atoms with Crippen LogP contribution in [0.4, 0.5) is 0 Å². The summed E-state index contributed by atoms with van der Waals surface area (Å²) in [5.41, 5.74) is 4.53. The molecule has 1 fully saturated rings. The van der Waals surface area contributed by atoms with Crippen molar-refractivity contribution in [2.24, 2.45) is 0 Å². The quantitative estimate of drug-likeness (QED) is 0.436. The number of likely N-dealkylation sites (tertiary alicyclic amines) is 1. The molecule has 1 amide bonds. The number of aryl methyl sites for hydroxylation is 3. The second kappa shape index (κ2) is 8.84. The Morgan fingerprint density at radius 2 is 1.73 bits per heavy atom. The molecule has 0 aromatic heterocycles. The first-order valence-electron chi connectivity index (χ1n) is 10.3. The van der Waals surface area contributed by atoms with E-state index >= 15 is 0 Å². The summed E-state index contributed by atoms with van der Waals surface area (Å²) >= 11 is 0. The molecule has 0 radical (unpaired) electrons. The standard InChI is InChI=1S/C25H29NO4/c1-15(2)30-13-12-26-22(20-9-7-6-8-17(20)4)21(24(28)25(26)29)23(27)19-11-10-16(3)18(5)14-19/h6-11,14-15,22,27H,12-13H2,1-5H3/b23-21+. The zero-order valence-corrected chi connectivity index (χ0v) is 18.2. The van der Waals surface area contributed by atoms with Gasteiger partial charge in [0.25, 0.3) is 11.7 Å². The molecular weight excluding hydrogens is 378 g/mol. The Morgan fingerprint density at radius 1 is 1.03 bits per heavy atom. The number of carbonyl (C=O) groups is 2. The number of benzene rings is 2. The van der Waals surface area contributed by atoms with Gasteiger partial charge in [0.1, 0.15) is 5.76 Å². The van der Waals surface area contributed by atoms with Crippen LogP contribution in [0, 0.1) is 20.8 Å². The molecular formula is C25H29NO4. The summed E-state index contributed by atoms with van der Waals surface area (Å²) in [5, 5.41) is 11.1. The summed E-state index contributed by atoms with van der Waals surface area (Å²) in [7, 11) is 0. The van der Waals surface area contributed by atoms with Crippen LogP contribution in [0.5, 0.6) is 0 Å². The number of carbonyl (C=O) groups excluding carboxylic acids is 2. The second-order valence-electron chi connectivity index (χ2n) is 8.07. The summed E-state index contributed by atoms with van der Waals surface area (Å²) < 4.78 is 5.63. The van der Waals surface area contributed by atoms with Crippen molar-refractivity contribution in [1.82, 2.24) is 4.90 Å². The molecule has 3 rings (SSSR count). The Bertz CT molecular complexity index is 1010. The van der Waals surface area contributed by atoms with Crippen molar-refractivity contribution in [2.75, 3.05) is 13.2 Å². The number of ether oxygens (including phenoxy) is 1. The summed E-state index contributed by atoms with van der Waals surface area (Å²) in [6.45, 7) is 10.3. The van der Waals surface area contributed by atoms with Gasteiger partial charge >= 0.3 is 0 Å². The van der Waals surface area contributed by atoms with Gasteiger partial charge in [0.05, 0.1) is 24.3 Å². The zero-order chi connectivity index (χ0) is 22.0. The van der Waals surface area contributed by atoms with Crippen LogP contribution in [0.2, 0.25) is 0 Å². The number of aliphatic hydroxyl groups is 1. The number of hydrogen-bond donors (Lipinski definition) is 1. The Morgan fingerprint density at radius 3 is 2.37 bits per heavy atom. The Hall–Kier alpha value is -2.92. The first-order valence-corrected chi connectivity index (χ1v) is 10.3. The fraction of sp³-hybridized carbons (Fsp3) is 0.360. The molecule has 1 heterocycles. The van der Waals surface area contributed by atoms with E-state index < -0.39 is 17.7 Å². The van der Waals surface area contributed by atoms with Crippen LogP contribution in [-0.2, 0) is 14.3 Å². The van der Waals surface area contributed by atoms with E-state index in [2.05, 4.69) is 0 Å². The van der Waals surface area contributed by atoms with Crippen LogP contribution < -0.4 is 0 Å². The first-order chi connectivity index (χ1) is 14.2. The minimum atomic E-state index is -0.663. The topological polar surface area (TPSA) is 66.8 Å². The maximum absolute atomic E-state index is 13.0. The van der Waals surface area contributed by atoms with E-state index in [4.69, 9.17) is 4.74 Å². The molecule has 158 valence electrons. The molecule has 1 N–H and O–H groups in total. The van der Waals surface area contributed by atoms with Crippen molar-refractivity contribution < 1.29 is 19.4 Å². The predicted molar refractivity (Wildman–Crippen MR) is 117 cm³/mol. The van der Waals surface area contributed by atoms with Gasteiger partial charge in [-0.1, -0.05) is 36.4 Å². The molecule has 1 saturated heterocycles. The van der Waals surface area contributed by atoms with Gasteiger partial charge in [-0.2, -0.15) is 0 Å². The number of hydrogen-bond acceptors (Lipinski definition) is 4. The second-order valence-corrected chi connectivity index (χ2v) is 8.07. The fourth-order valence-corrected chi connectivity index (χ4v) is 3.76. The molecule has 30 heavy (non-hydrogen) atoms. The van der Waals surface area contributed by atoms with Gasteiger partial charge in [0.15, 0.2) is 0 Å². The summed E-state index contributed by atoms with van der Waals surface area (Å²) in [6, 6.07) is 12.5. The van der Waals surface area contributed by atoms with Gasteiger partial charge in [-0.25, -0.2) is 0 Å². The van der Waals surface area contributed by atoms with E-state index in [0.717, 1.165) is 22.3 Å². The minimum absolute atomic E-state index is 0.0225. The number of nitrogens with zero attached hydrogens (tertiary/aromatic N) is 1. The lowest BCUT2D eigenvalue weighted by Gasteiger charge is -2.26. The molecule has 1 unspecified atom stereocenters. The lowest BCUT2D eigenvalue weighted by atomic mass is 9.92. The van der Waals surface area contributed by atoms with Crippen molar-refractivity contribution in [3.05, 3.63) is 75.9 Å². The minimum Gasteiger partial charge on any atom is -0.507 e. The van der Waals surface area contributed by atoms with Gasteiger partial charge in [0.2, 0.25) is 0 Å². The van der Waals surface area contributed by atoms with E-state index in [1.807, 2.05) is 71.0 Å². The lowest BCUT2D eigenvalue weighted by Crippen LogP contribution is -2.33. The number of rotatable bonds is 6. The van der Waals surface area contributed by atoms with Crippen LogP contribution in [0.3, 0.4) is 0 Å². The lowest BCUT2D eigenvalue weighted by molar-refractivity contribution is -0.140. The summed E-state index contributed by atoms with van der Waals surface area (Å²) in [4.78, 5) is 27.5. The van der Waals surface area contributed by atoms with Gasteiger partial charge in [-0.3, -0.25) is 9.59 Å². The summed E-state index contributed by atoms with van der Waals surface area (Å²) in [5.74, 6) is -1.42. The van der Waals surface area contributed by atoms with Crippen molar-refractivity contribution in [3.63, 3.8) is 0 Å². The number of amides is 1. The molecule has 5 nitrogen and oxygen atoms in total. The van der Waals surface area contributed by atoms with E-state index in [-0.39, 0.29) is 24.0 Å². The average molecular weight is 408 g/mol. The Balaban J connectivity index is 2.13. The molecule has 0 bridgehead atoms. The number of Topliss-reactive ketones (excluding diaryl/α,β-unsaturated/α-hetero) is 1. The fourth-order valence-electron chi connectivity index (χ4n) is 3.76. The van der Waals surface area contributed by atoms with Crippen LogP contribution in [0.1, 0.15) is 47.7 Å². The van der Waals surface area contributed by atoms with E-state index in [1.165, 1.54) is 4.90 Å². The average Bonchev–Trinajstić information content (AvgIpc) is 2.94. The van der Waals surface area contributed by atoms with Crippen LogP contribution in [0.25, 0.3) is 5.76 Å². The third-order valence-electron chi connectivity index (χ3n) is 5.59. The highest BCUT2D eigenvalue weighted by molar-refractivity contribution is 6.46. The van der Waals surface area contributed by atoms with Crippen LogP contribution >= 0.6 is 0 Å². The van der Waals surface area contributed by atoms with E-state index in [0.29, 0.717) is 12.2 Å². The number of ketones is 1. The third-order valence-corrected chi connectivity index (χ3v) is 5.59. The highest BCUT2D eigenvalue weighted by Gasteiger charge is 2.46. The molecule has 0 saturated carbocycles. The largest absolute Gasteiger partial charge is 0.507 e.